The van der Waals surface area contributed by atoms with Gasteiger partial charge in [0.1, 0.15) is 5.75 Å². The predicted octanol–water partition coefficient (Wildman–Crippen LogP) is 2.99. The van der Waals surface area contributed by atoms with Crippen LogP contribution in [-0.4, -0.2) is 37.8 Å². The van der Waals surface area contributed by atoms with Gasteiger partial charge in [0.05, 0.1) is 6.10 Å². The van der Waals surface area contributed by atoms with E-state index in [1.165, 1.54) is 6.92 Å². The summed E-state index contributed by atoms with van der Waals surface area (Å²) in [5.74, 6) is 1.60. The average molecular weight is 384 g/mol. The summed E-state index contributed by atoms with van der Waals surface area (Å²) < 4.78 is 16.2. The zero-order valence-electron chi connectivity index (χ0n) is 16.2. The van der Waals surface area contributed by atoms with Gasteiger partial charge < -0.3 is 24.4 Å². The normalized spacial score (nSPS) is 12.0. The zero-order valence-corrected chi connectivity index (χ0v) is 16.2. The topological polar surface area (TPSA) is 77.1 Å². The van der Waals surface area contributed by atoms with Crippen molar-refractivity contribution in [1.29, 1.82) is 0 Å². The van der Waals surface area contributed by atoms with E-state index >= 15 is 0 Å². The van der Waals surface area contributed by atoms with Crippen LogP contribution >= 0.6 is 0 Å². The molecule has 0 bridgehead atoms. The Bertz CT molecular complexity index is 848. The summed E-state index contributed by atoms with van der Waals surface area (Å²) in [6.07, 6.45) is 0.0844. The van der Waals surface area contributed by atoms with Crippen molar-refractivity contribution >= 4 is 17.5 Å². The molecule has 0 unspecified atom stereocenters. The molecule has 2 amide bonds. The lowest BCUT2D eigenvalue weighted by atomic mass is 10.2. The molecule has 7 heteroatoms. The molecule has 2 aromatic rings. The Balaban J connectivity index is 1.57. The van der Waals surface area contributed by atoms with Gasteiger partial charge in [-0.1, -0.05) is 0 Å². The summed E-state index contributed by atoms with van der Waals surface area (Å²) >= 11 is 0. The van der Waals surface area contributed by atoms with Crippen LogP contribution in [0.3, 0.4) is 0 Å². The molecule has 0 saturated carbocycles. The smallest absolute Gasteiger partial charge is 0.251 e. The van der Waals surface area contributed by atoms with Crippen molar-refractivity contribution in [3.8, 4) is 17.2 Å². The van der Waals surface area contributed by atoms with Gasteiger partial charge in [0.2, 0.25) is 12.7 Å². The number of anilines is 1. The van der Waals surface area contributed by atoms with Crippen molar-refractivity contribution in [3.63, 3.8) is 0 Å². The van der Waals surface area contributed by atoms with Gasteiger partial charge in [-0.25, -0.2) is 0 Å². The lowest BCUT2D eigenvalue weighted by Crippen LogP contribution is -2.37. The number of nitrogens with zero attached hydrogens (tertiary/aromatic N) is 1. The van der Waals surface area contributed by atoms with Crippen LogP contribution in [0.15, 0.2) is 42.5 Å². The first kappa shape index (κ1) is 19.5. The molecule has 0 spiro atoms. The molecule has 0 saturated heterocycles. The van der Waals surface area contributed by atoms with Crippen LogP contribution in [0, 0.1) is 0 Å². The molecule has 0 aliphatic carbocycles. The summed E-state index contributed by atoms with van der Waals surface area (Å²) in [7, 11) is 0. The highest BCUT2D eigenvalue weighted by molar-refractivity contribution is 5.95. The number of carbonyl (C=O) groups is 2. The molecule has 3 rings (SSSR count). The lowest BCUT2D eigenvalue weighted by molar-refractivity contribution is -0.116. The molecule has 0 atom stereocenters. The molecule has 1 aliphatic heterocycles. The maximum Gasteiger partial charge on any atom is 0.251 e. The molecule has 1 aliphatic rings. The van der Waals surface area contributed by atoms with E-state index in [2.05, 4.69) is 5.32 Å². The Labute approximate surface area is 164 Å². The first-order chi connectivity index (χ1) is 13.4. The third-order valence-corrected chi connectivity index (χ3v) is 4.16. The second kappa shape index (κ2) is 8.65. The number of rotatable bonds is 7. The molecule has 7 nitrogen and oxygen atoms in total. The standard InChI is InChI=1S/C21H24N2O5/c1-14(2)28-18-7-5-17(6-8-18)23(15(3)24)11-10-22-21(25)16-4-9-19-20(12-16)27-13-26-19/h4-9,12,14H,10-11,13H2,1-3H3,(H,22,25). The Kier molecular flexibility index (Phi) is 6.03. The minimum Gasteiger partial charge on any atom is -0.491 e. The summed E-state index contributed by atoms with van der Waals surface area (Å²) in [5, 5.41) is 2.83. The number of amides is 2. The number of carbonyl (C=O) groups excluding carboxylic acids is 2. The first-order valence-corrected chi connectivity index (χ1v) is 9.16. The second-order valence-electron chi connectivity index (χ2n) is 6.66. The highest BCUT2D eigenvalue weighted by Crippen LogP contribution is 2.32. The number of ether oxygens (including phenoxy) is 3. The molecule has 148 valence electrons. The summed E-state index contributed by atoms with van der Waals surface area (Å²) in [6, 6.07) is 12.4. The number of hydrogen-bond donors (Lipinski definition) is 1. The Morgan fingerprint density at radius 3 is 2.50 bits per heavy atom. The van der Waals surface area contributed by atoms with E-state index in [0.717, 1.165) is 11.4 Å². The summed E-state index contributed by atoms with van der Waals surface area (Å²) in [5.41, 5.74) is 1.23. The van der Waals surface area contributed by atoms with Gasteiger partial charge in [-0.2, -0.15) is 0 Å². The number of fused-ring (bicyclic) bond motifs is 1. The fourth-order valence-electron chi connectivity index (χ4n) is 2.87. The SMILES string of the molecule is CC(=O)N(CCNC(=O)c1ccc2c(c1)OCO2)c1ccc(OC(C)C)cc1. The Morgan fingerprint density at radius 1 is 1.11 bits per heavy atom. The van der Waals surface area contributed by atoms with Gasteiger partial charge in [-0.3, -0.25) is 9.59 Å². The predicted molar refractivity (Wildman–Crippen MR) is 105 cm³/mol. The maximum absolute atomic E-state index is 12.4. The molecule has 0 radical (unpaired) electrons. The number of hydrogen-bond acceptors (Lipinski definition) is 5. The second-order valence-corrected chi connectivity index (χ2v) is 6.66. The van der Waals surface area contributed by atoms with Crippen LogP contribution < -0.4 is 24.4 Å². The van der Waals surface area contributed by atoms with Crippen LogP contribution in [0.5, 0.6) is 17.2 Å². The molecule has 1 heterocycles. The van der Waals surface area contributed by atoms with Crippen molar-refractivity contribution in [2.24, 2.45) is 0 Å². The van der Waals surface area contributed by atoms with Gasteiger partial charge in [0.25, 0.3) is 5.91 Å². The maximum atomic E-state index is 12.4. The average Bonchev–Trinajstić information content (AvgIpc) is 3.13. The van der Waals surface area contributed by atoms with E-state index in [0.29, 0.717) is 30.2 Å². The molecule has 2 aromatic carbocycles. The Hall–Kier alpha value is -3.22. The molecular weight excluding hydrogens is 360 g/mol. The third kappa shape index (κ3) is 4.73. The van der Waals surface area contributed by atoms with E-state index < -0.39 is 0 Å². The van der Waals surface area contributed by atoms with Crippen molar-refractivity contribution in [3.05, 3.63) is 48.0 Å². The van der Waals surface area contributed by atoms with Crippen molar-refractivity contribution in [2.75, 3.05) is 24.8 Å². The monoisotopic (exact) mass is 384 g/mol. The Morgan fingerprint density at radius 2 is 1.82 bits per heavy atom. The van der Waals surface area contributed by atoms with E-state index in [-0.39, 0.29) is 24.7 Å². The van der Waals surface area contributed by atoms with E-state index in [1.54, 1.807) is 23.1 Å². The van der Waals surface area contributed by atoms with Gasteiger partial charge in [0.15, 0.2) is 11.5 Å². The van der Waals surface area contributed by atoms with E-state index in [9.17, 15) is 9.59 Å². The minimum atomic E-state index is -0.234. The van der Waals surface area contributed by atoms with Gasteiger partial charge in [-0.05, 0) is 56.3 Å². The van der Waals surface area contributed by atoms with Crippen LogP contribution in [0.2, 0.25) is 0 Å². The first-order valence-electron chi connectivity index (χ1n) is 9.16. The highest BCUT2D eigenvalue weighted by Gasteiger charge is 2.17. The lowest BCUT2D eigenvalue weighted by Gasteiger charge is -2.22. The third-order valence-electron chi connectivity index (χ3n) is 4.16. The van der Waals surface area contributed by atoms with Crippen molar-refractivity contribution < 1.29 is 23.8 Å². The molecule has 1 N–H and O–H groups in total. The zero-order chi connectivity index (χ0) is 20.1. The number of benzene rings is 2. The van der Waals surface area contributed by atoms with Gasteiger partial charge in [0, 0.05) is 31.3 Å². The van der Waals surface area contributed by atoms with Gasteiger partial charge >= 0.3 is 0 Å². The van der Waals surface area contributed by atoms with Gasteiger partial charge in [-0.15, -0.1) is 0 Å². The van der Waals surface area contributed by atoms with Crippen LogP contribution in [0.4, 0.5) is 5.69 Å². The van der Waals surface area contributed by atoms with E-state index in [4.69, 9.17) is 14.2 Å². The molecule has 0 fully saturated rings. The fourth-order valence-corrected chi connectivity index (χ4v) is 2.87. The molecular formula is C21H24N2O5. The molecule has 28 heavy (non-hydrogen) atoms. The van der Waals surface area contributed by atoms with Crippen LogP contribution in [0.25, 0.3) is 0 Å². The largest absolute Gasteiger partial charge is 0.491 e. The van der Waals surface area contributed by atoms with Crippen LogP contribution in [0.1, 0.15) is 31.1 Å². The number of nitrogens with one attached hydrogen (secondary N) is 1. The van der Waals surface area contributed by atoms with Crippen LogP contribution in [-0.2, 0) is 4.79 Å². The fraction of sp³-hybridized carbons (Fsp3) is 0.333. The highest BCUT2D eigenvalue weighted by atomic mass is 16.7. The van der Waals surface area contributed by atoms with Crippen molar-refractivity contribution in [2.45, 2.75) is 26.9 Å². The summed E-state index contributed by atoms with van der Waals surface area (Å²) in [6.45, 7) is 6.25. The summed E-state index contributed by atoms with van der Waals surface area (Å²) in [4.78, 5) is 26.0. The molecule has 0 aromatic heterocycles. The minimum absolute atomic E-state index is 0.0844. The van der Waals surface area contributed by atoms with E-state index in [1.807, 2.05) is 38.1 Å². The van der Waals surface area contributed by atoms with Crippen molar-refractivity contribution in [1.82, 2.24) is 5.32 Å². The quantitative estimate of drug-likeness (QED) is 0.794.